The van der Waals surface area contributed by atoms with Crippen molar-refractivity contribution in [2.24, 2.45) is 0 Å². The first-order chi connectivity index (χ1) is 15.7. The van der Waals surface area contributed by atoms with Crippen LogP contribution in [0.5, 0.6) is 5.75 Å². The fourth-order valence-corrected chi connectivity index (χ4v) is 3.81. The summed E-state index contributed by atoms with van der Waals surface area (Å²) in [5, 5.41) is 5.91. The van der Waals surface area contributed by atoms with Gasteiger partial charge < -0.3 is 24.7 Å². The minimum absolute atomic E-state index is 0.0917. The van der Waals surface area contributed by atoms with E-state index in [-0.39, 0.29) is 11.7 Å². The van der Waals surface area contributed by atoms with Crippen LogP contribution in [-0.2, 0) is 27.4 Å². The van der Waals surface area contributed by atoms with Crippen molar-refractivity contribution in [3.05, 3.63) is 59.9 Å². The van der Waals surface area contributed by atoms with Gasteiger partial charge in [0, 0.05) is 26.1 Å². The lowest BCUT2D eigenvalue weighted by atomic mass is 9.96. The molecule has 0 spiro atoms. The highest BCUT2D eigenvalue weighted by Gasteiger charge is 2.36. The molecule has 2 heterocycles. The number of benzene rings is 2. The summed E-state index contributed by atoms with van der Waals surface area (Å²) in [4.78, 5) is 30.1. The van der Waals surface area contributed by atoms with Crippen LogP contribution in [0.4, 0.5) is 0 Å². The Hall–Kier alpha value is -3.23. The number of likely N-dealkylation sites (N-methyl/N-ethyl adjacent to an activating group) is 1. The molecule has 0 saturated carbocycles. The number of ether oxygens (including phenoxy) is 2. The molecule has 4 rings (SSSR count). The minimum Gasteiger partial charge on any atom is -0.491 e. The first kappa shape index (κ1) is 22.0. The number of Topliss-reactive ketones (excluding diaryl/α,β-unsaturated/α-hetero) is 1. The van der Waals surface area contributed by atoms with Gasteiger partial charge in [0.25, 0.3) is 0 Å². The number of hydrogen-bond donors (Lipinski definition) is 2. The van der Waals surface area contributed by atoms with Gasteiger partial charge in [0.15, 0.2) is 11.7 Å². The molecule has 1 aliphatic rings. The number of amides is 1. The quantitative estimate of drug-likeness (QED) is 0.373. The number of rotatable bonds is 10. The van der Waals surface area contributed by atoms with Crippen molar-refractivity contribution >= 4 is 22.7 Å². The Balaban J connectivity index is 1.33. The maximum absolute atomic E-state index is 12.9. The van der Waals surface area contributed by atoms with E-state index in [9.17, 15) is 9.59 Å². The van der Waals surface area contributed by atoms with Gasteiger partial charge in [0.05, 0.1) is 24.2 Å². The predicted octanol–water partition coefficient (Wildman–Crippen LogP) is 2.02. The molecule has 0 bridgehead atoms. The van der Waals surface area contributed by atoms with E-state index < -0.39 is 5.92 Å². The van der Waals surface area contributed by atoms with E-state index in [0.717, 1.165) is 28.9 Å². The molecule has 3 aromatic rings. The van der Waals surface area contributed by atoms with Gasteiger partial charge in [0.2, 0.25) is 5.91 Å². The van der Waals surface area contributed by atoms with Crippen molar-refractivity contribution in [1.82, 2.24) is 20.2 Å². The largest absolute Gasteiger partial charge is 0.491 e. The number of carbonyl (C=O) groups excluding carboxylic acids is 2. The van der Waals surface area contributed by atoms with Crippen molar-refractivity contribution in [2.75, 3.05) is 33.4 Å². The topological polar surface area (TPSA) is 94.5 Å². The average Bonchev–Trinajstić information content (AvgIpc) is 3.19. The Morgan fingerprint density at radius 1 is 1.12 bits per heavy atom. The molecular formula is C24H28N4O4. The number of nitrogens with one attached hydrogen (secondary N) is 2. The van der Waals surface area contributed by atoms with E-state index >= 15 is 0 Å². The molecule has 8 nitrogen and oxygen atoms in total. The van der Waals surface area contributed by atoms with Gasteiger partial charge in [-0.15, -0.1) is 0 Å². The summed E-state index contributed by atoms with van der Waals surface area (Å²) in [6.07, 6.45) is 0.330. The van der Waals surface area contributed by atoms with E-state index in [2.05, 4.69) is 15.6 Å². The Kier molecular flexibility index (Phi) is 7.14. The molecule has 1 amide bonds. The summed E-state index contributed by atoms with van der Waals surface area (Å²) < 4.78 is 13.1. The lowest BCUT2D eigenvalue weighted by Gasteiger charge is -2.22. The van der Waals surface area contributed by atoms with Gasteiger partial charge in [-0.05, 0) is 36.9 Å². The van der Waals surface area contributed by atoms with Gasteiger partial charge in [0.1, 0.15) is 18.2 Å². The Bertz CT molecular complexity index is 1080. The first-order valence-electron chi connectivity index (χ1n) is 10.9. The number of fused-ring (bicyclic) bond motifs is 3. The number of imidazole rings is 1. The van der Waals surface area contributed by atoms with Crippen molar-refractivity contribution in [2.45, 2.75) is 25.4 Å². The third kappa shape index (κ3) is 4.98. The van der Waals surface area contributed by atoms with Gasteiger partial charge in [-0.2, -0.15) is 0 Å². The van der Waals surface area contributed by atoms with Gasteiger partial charge in [-0.3, -0.25) is 9.59 Å². The molecule has 8 heteroatoms. The zero-order valence-electron chi connectivity index (χ0n) is 18.2. The average molecular weight is 437 g/mol. The smallest absolute Gasteiger partial charge is 0.238 e. The van der Waals surface area contributed by atoms with Gasteiger partial charge >= 0.3 is 0 Å². The fraction of sp³-hybridized carbons (Fsp3) is 0.375. The molecule has 0 saturated heterocycles. The maximum Gasteiger partial charge on any atom is 0.238 e. The van der Waals surface area contributed by atoms with Crippen LogP contribution in [0.2, 0.25) is 0 Å². The van der Waals surface area contributed by atoms with Gasteiger partial charge in [-0.1, -0.05) is 24.3 Å². The zero-order valence-corrected chi connectivity index (χ0v) is 18.2. The molecule has 2 aromatic carbocycles. The molecule has 168 valence electrons. The van der Waals surface area contributed by atoms with Crippen LogP contribution in [0.3, 0.4) is 0 Å². The number of carbonyl (C=O) groups is 2. The van der Waals surface area contributed by atoms with Gasteiger partial charge in [-0.25, -0.2) is 4.98 Å². The number of aromatic nitrogens is 2. The Morgan fingerprint density at radius 2 is 1.94 bits per heavy atom. The van der Waals surface area contributed by atoms with Crippen LogP contribution in [0.1, 0.15) is 23.7 Å². The number of ketones is 1. The summed E-state index contributed by atoms with van der Waals surface area (Å²) in [5.74, 6) is -0.00735. The van der Waals surface area contributed by atoms with Crippen molar-refractivity contribution in [3.8, 4) is 5.75 Å². The van der Waals surface area contributed by atoms with E-state index in [1.165, 1.54) is 0 Å². The molecule has 1 aromatic heterocycles. The second kappa shape index (κ2) is 10.4. The van der Waals surface area contributed by atoms with E-state index in [4.69, 9.17) is 9.47 Å². The number of hydrogen-bond acceptors (Lipinski definition) is 6. The van der Waals surface area contributed by atoms with Crippen molar-refractivity contribution < 1.29 is 19.1 Å². The molecular weight excluding hydrogens is 408 g/mol. The third-order valence-electron chi connectivity index (χ3n) is 5.49. The second-order valence-electron chi connectivity index (χ2n) is 7.69. The molecule has 2 N–H and O–H groups in total. The molecule has 0 radical (unpaired) electrons. The highest BCUT2D eigenvalue weighted by atomic mass is 16.5. The van der Waals surface area contributed by atoms with E-state index in [0.29, 0.717) is 45.2 Å². The van der Waals surface area contributed by atoms with Crippen LogP contribution in [0.15, 0.2) is 48.5 Å². The summed E-state index contributed by atoms with van der Waals surface area (Å²) in [5.41, 5.74) is 2.68. The van der Waals surface area contributed by atoms with Crippen LogP contribution < -0.4 is 15.4 Å². The third-order valence-corrected chi connectivity index (χ3v) is 5.49. The van der Waals surface area contributed by atoms with Crippen LogP contribution in [0, 0.1) is 0 Å². The molecule has 0 aliphatic carbocycles. The normalized spacial score (nSPS) is 15.5. The summed E-state index contributed by atoms with van der Waals surface area (Å²) in [6, 6.07) is 15.2. The van der Waals surface area contributed by atoms with Crippen LogP contribution in [0.25, 0.3) is 11.0 Å². The molecule has 0 fully saturated rings. The maximum atomic E-state index is 12.9. The number of nitrogens with zero attached hydrogens (tertiary/aromatic N) is 2. The van der Waals surface area contributed by atoms with Crippen molar-refractivity contribution in [1.29, 1.82) is 0 Å². The Labute approximate surface area is 186 Å². The molecule has 32 heavy (non-hydrogen) atoms. The van der Waals surface area contributed by atoms with Crippen molar-refractivity contribution in [3.63, 3.8) is 0 Å². The van der Waals surface area contributed by atoms with E-state index in [1.807, 2.05) is 60.1 Å². The zero-order chi connectivity index (χ0) is 22.3. The monoisotopic (exact) mass is 436 g/mol. The first-order valence-corrected chi connectivity index (χ1v) is 10.9. The SMILES string of the molecule is CNCCOCCOc1ccc(CNC(=O)C2C(=O)CCn3c2nc2ccccc23)cc1. The van der Waals surface area contributed by atoms with Crippen LogP contribution >= 0.6 is 0 Å². The summed E-state index contributed by atoms with van der Waals surface area (Å²) >= 11 is 0. The highest BCUT2D eigenvalue weighted by molar-refractivity contribution is 6.07. The summed E-state index contributed by atoms with van der Waals surface area (Å²) in [7, 11) is 1.88. The number of aryl methyl sites for hydroxylation is 1. The number of para-hydroxylation sites is 2. The van der Waals surface area contributed by atoms with E-state index in [1.54, 1.807) is 0 Å². The molecule has 1 unspecified atom stereocenters. The minimum atomic E-state index is -0.873. The standard InChI is InChI=1S/C24H28N4O4/c1-25-11-13-31-14-15-32-18-8-6-17(7-9-18)16-26-24(30)22-21(29)10-12-28-20-5-3-2-4-19(20)27-23(22)28/h2-9,22,25H,10-16H2,1H3,(H,26,30). The predicted molar refractivity (Wildman–Crippen MR) is 121 cm³/mol. The summed E-state index contributed by atoms with van der Waals surface area (Å²) in [6.45, 7) is 3.35. The van der Waals surface area contributed by atoms with Crippen LogP contribution in [-0.4, -0.2) is 54.7 Å². The lowest BCUT2D eigenvalue weighted by Crippen LogP contribution is -2.38. The lowest BCUT2D eigenvalue weighted by molar-refractivity contribution is -0.131. The fourth-order valence-electron chi connectivity index (χ4n) is 3.81. The highest BCUT2D eigenvalue weighted by Crippen LogP contribution is 2.28. The molecule has 1 aliphatic heterocycles. The Morgan fingerprint density at radius 3 is 2.75 bits per heavy atom. The second-order valence-corrected chi connectivity index (χ2v) is 7.69. The molecule has 1 atom stereocenters.